The summed E-state index contributed by atoms with van der Waals surface area (Å²) in [4.78, 5) is 0. The number of aliphatic hydroxyl groups excluding tert-OH is 2. The Morgan fingerprint density at radius 3 is 1.55 bits per heavy atom. The van der Waals surface area contributed by atoms with E-state index in [-0.39, 0.29) is 13.2 Å². The average Bonchev–Trinajstić information content (AvgIpc) is 1.88. The van der Waals surface area contributed by atoms with E-state index in [0.29, 0.717) is 13.1 Å². The molecule has 0 bridgehead atoms. The number of hydrogen-bond acceptors (Lipinski definition) is 4. The summed E-state index contributed by atoms with van der Waals surface area (Å²) >= 11 is -2.61. The summed E-state index contributed by atoms with van der Waals surface area (Å²) in [5, 5.41) is 19.1. The summed E-state index contributed by atoms with van der Waals surface area (Å²) in [6, 6.07) is 0. The lowest BCUT2D eigenvalue weighted by atomic mass is 10.6. The summed E-state index contributed by atoms with van der Waals surface area (Å²) in [5.41, 5.74) is 0. The van der Waals surface area contributed by atoms with Crippen molar-refractivity contribution < 1.29 is 23.5 Å². The molecule has 0 atom stereocenters. The number of nitrogens with one attached hydrogen (secondary N) is 1. The normalized spacial score (nSPS) is 9.18. The van der Waals surface area contributed by atoms with Gasteiger partial charge in [0.1, 0.15) is 0 Å². The predicted octanol–water partition coefficient (Wildman–Crippen LogP) is -1.76. The van der Waals surface area contributed by atoms with Crippen LogP contribution >= 0.6 is 0 Å². The molecule has 0 aromatic heterocycles. The molecule has 0 rings (SSSR count). The van der Waals surface area contributed by atoms with E-state index in [2.05, 4.69) is 5.32 Å². The number of hydrogen-bond donors (Lipinski definition) is 5. The van der Waals surface area contributed by atoms with Crippen LogP contribution in [0.1, 0.15) is 0 Å². The minimum Gasteiger partial charge on any atom is -0.395 e. The van der Waals surface area contributed by atoms with Gasteiger partial charge in [-0.3, -0.25) is 9.11 Å². The van der Waals surface area contributed by atoms with Crippen molar-refractivity contribution in [1.29, 1.82) is 0 Å². The van der Waals surface area contributed by atoms with Crippen molar-refractivity contribution in [3.05, 3.63) is 0 Å². The highest BCUT2D eigenvalue weighted by Crippen LogP contribution is 1.54. The largest absolute Gasteiger partial charge is 0.395 e. The molecule has 0 aliphatic carbocycles. The van der Waals surface area contributed by atoms with Crippen LogP contribution in [0.5, 0.6) is 0 Å². The van der Waals surface area contributed by atoms with E-state index in [1.807, 2.05) is 0 Å². The second kappa shape index (κ2) is 12.6. The van der Waals surface area contributed by atoms with Gasteiger partial charge in [0.05, 0.1) is 13.2 Å². The van der Waals surface area contributed by atoms with Crippen molar-refractivity contribution in [2.24, 2.45) is 0 Å². The van der Waals surface area contributed by atoms with Crippen LogP contribution in [-0.4, -0.2) is 49.8 Å². The molecule has 0 saturated heterocycles. The van der Waals surface area contributed by atoms with Crippen LogP contribution in [0, 0.1) is 0 Å². The molecule has 0 aliphatic rings. The quantitative estimate of drug-likeness (QED) is 0.263. The first-order valence-corrected chi connectivity index (χ1v) is 3.94. The third-order valence-electron chi connectivity index (χ3n) is 0.577. The molecular weight excluding hydrogens is 174 g/mol. The van der Waals surface area contributed by atoms with E-state index >= 15 is 0 Å². The Balaban J connectivity index is 0. The van der Waals surface area contributed by atoms with Crippen LogP contribution in [-0.2, 0) is 11.4 Å². The van der Waals surface area contributed by atoms with Gasteiger partial charge < -0.3 is 15.5 Å². The van der Waals surface area contributed by atoms with E-state index in [1.54, 1.807) is 0 Å². The van der Waals surface area contributed by atoms with E-state index in [4.69, 9.17) is 23.5 Å². The summed E-state index contributed by atoms with van der Waals surface area (Å²) in [5.74, 6) is 0. The first-order chi connectivity index (χ1) is 5.15. The lowest BCUT2D eigenvalue weighted by Crippen LogP contribution is -2.21. The van der Waals surface area contributed by atoms with Gasteiger partial charge in [-0.25, -0.2) is 0 Å². The van der Waals surface area contributed by atoms with Crippen molar-refractivity contribution in [2.75, 3.05) is 26.3 Å². The second-order valence-electron chi connectivity index (χ2n) is 1.43. The van der Waals surface area contributed by atoms with E-state index < -0.39 is 11.4 Å². The second-order valence-corrected chi connectivity index (χ2v) is 1.89. The maximum Gasteiger partial charge on any atom is 0.299 e. The fourth-order valence-corrected chi connectivity index (χ4v) is 0.283. The van der Waals surface area contributed by atoms with Gasteiger partial charge >= 0.3 is 0 Å². The lowest BCUT2D eigenvalue weighted by Gasteiger charge is -1.94. The Morgan fingerprint density at radius 1 is 1.09 bits per heavy atom. The van der Waals surface area contributed by atoms with E-state index in [1.165, 1.54) is 0 Å². The maximum absolute atomic E-state index is 8.67. The van der Waals surface area contributed by atoms with Gasteiger partial charge in [-0.2, -0.15) is 4.21 Å². The fraction of sp³-hybridized carbons (Fsp3) is 1.00. The molecule has 0 fully saturated rings. The standard InChI is InChI=1S/C4H11NO2.H2O3S/c6-3-1-5-2-4-7;1-4(2)3/h5-7H,1-4H2;(H2,1,2,3). The molecule has 0 radical (unpaired) electrons. The molecule has 0 unspecified atom stereocenters. The minimum atomic E-state index is -2.61. The van der Waals surface area contributed by atoms with Crippen LogP contribution in [0.15, 0.2) is 0 Å². The Morgan fingerprint density at radius 2 is 1.36 bits per heavy atom. The molecule has 0 heterocycles. The Hall–Kier alpha value is -0.0500. The monoisotopic (exact) mass is 187 g/mol. The van der Waals surface area contributed by atoms with E-state index in [0.717, 1.165) is 0 Å². The van der Waals surface area contributed by atoms with Crippen molar-refractivity contribution in [3.63, 3.8) is 0 Å². The molecule has 0 aromatic rings. The van der Waals surface area contributed by atoms with Gasteiger partial charge in [0, 0.05) is 13.1 Å². The Labute approximate surface area is 67.4 Å². The van der Waals surface area contributed by atoms with Crippen LogP contribution in [0.25, 0.3) is 0 Å². The zero-order chi connectivity index (χ0) is 9.11. The molecule has 0 spiro atoms. The smallest absolute Gasteiger partial charge is 0.299 e. The Kier molecular flexibility index (Phi) is 15.5. The lowest BCUT2D eigenvalue weighted by molar-refractivity contribution is 0.266. The van der Waals surface area contributed by atoms with Gasteiger partial charge in [-0.1, -0.05) is 0 Å². The molecule has 70 valence electrons. The molecule has 5 N–H and O–H groups in total. The van der Waals surface area contributed by atoms with Crippen molar-refractivity contribution >= 4 is 11.4 Å². The van der Waals surface area contributed by atoms with Crippen LogP contribution in [0.3, 0.4) is 0 Å². The van der Waals surface area contributed by atoms with Crippen molar-refractivity contribution in [2.45, 2.75) is 0 Å². The molecule has 0 aliphatic heterocycles. The first-order valence-electron chi connectivity index (χ1n) is 2.87. The number of rotatable bonds is 4. The van der Waals surface area contributed by atoms with Crippen molar-refractivity contribution in [3.8, 4) is 0 Å². The highest BCUT2D eigenvalue weighted by atomic mass is 32.2. The van der Waals surface area contributed by atoms with Gasteiger partial charge in [0.2, 0.25) is 0 Å². The molecule has 6 nitrogen and oxygen atoms in total. The predicted molar refractivity (Wildman–Crippen MR) is 40.4 cm³/mol. The molecular formula is C4H13NO5S. The van der Waals surface area contributed by atoms with Gasteiger partial charge in [-0.05, 0) is 0 Å². The molecule has 0 aromatic carbocycles. The summed E-state index contributed by atoms with van der Waals surface area (Å²) in [6.07, 6.45) is 0. The van der Waals surface area contributed by atoms with Gasteiger partial charge in [0.25, 0.3) is 11.4 Å². The highest BCUT2D eigenvalue weighted by Gasteiger charge is 1.78. The third-order valence-corrected chi connectivity index (χ3v) is 0.577. The molecule has 0 saturated carbocycles. The third kappa shape index (κ3) is 40.3. The summed E-state index contributed by atoms with van der Waals surface area (Å²) in [7, 11) is 0. The average molecular weight is 187 g/mol. The summed E-state index contributed by atoms with van der Waals surface area (Å²) in [6.45, 7) is 1.42. The van der Waals surface area contributed by atoms with Crippen molar-refractivity contribution in [1.82, 2.24) is 5.32 Å². The molecule has 11 heavy (non-hydrogen) atoms. The maximum atomic E-state index is 8.67. The summed E-state index contributed by atoms with van der Waals surface area (Å²) < 4.78 is 22.8. The van der Waals surface area contributed by atoms with Gasteiger partial charge in [0.15, 0.2) is 0 Å². The van der Waals surface area contributed by atoms with Gasteiger partial charge in [-0.15, -0.1) is 0 Å². The highest BCUT2D eigenvalue weighted by molar-refractivity contribution is 7.73. The number of aliphatic hydroxyl groups is 2. The van der Waals surface area contributed by atoms with Crippen LogP contribution < -0.4 is 5.32 Å². The zero-order valence-corrected chi connectivity index (χ0v) is 6.75. The molecule has 7 heteroatoms. The minimum absolute atomic E-state index is 0.139. The van der Waals surface area contributed by atoms with E-state index in [9.17, 15) is 0 Å². The fourth-order valence-electron chi connectivity index (χ4n) is 0.283. The topological polar surface area (TPSA) is 110 Å². The SMILES string of the molecule is O=S(O)O.OCCNCCO. The zero-order valence-electron chi connectivity index (χ0n) is 5.93. The van der Waals surface area contributed by atoms with Crippen LogP contribution in [0.4, 0.5) is 0 Å². The first kappa shape index (κ1) is 13.5. The Bertz CT molecular complexity index is 82.6. The molecule has 0 amide bonds. The van der Waals surface area contributed by atoms with Crippen LogP contribution in [0.2, 0.25) is 0 Å².